The maximum absolute atomic E-state index is 13.7. The SMILES string of the molecule is C=CC(=O)N1CCC(NC2COc3cc(-n4c(-c5cccnc5N)nc5ccc(-n6ccc(F)n6)nc54)ccc32)CC1. The van der Waals surface area contributed by atoms with Crippen LogP contribution in [0.4, 0.5) is 10.2 Å². The van der Waals surface area contributed by atoms with Gasteiger partial charge in [0.15, 0.2) is 17.3 Å². The predicted octanol–water partition coefficient (Wildman–Crippen LogP) is 3.59. The number of benzene rings is 1. The van der Waals surface area contributed by atoms with Crippen LogP contribution >= 0.6 is 0 Å². The molecule has 4 aromatic heterocycles. The van der Waals surface area contributed by atoms with E-state index in [9.17, 15) is 9.18 Å². The molecule has 2 aliphatic rings. The molecule has 1 atom stereocenters. The van der Waals surface area contributed by atoms with E-state index in [4.69, 9.17) is 20.4 Å². The molecule has 1 saturated heterocycles. The highest BCUT2D eigenvalue weighted by Gasteiger charge is 2.30. The van der Waals surface area contributed by atoms with Crippen LogP contribution in [-0.2, 0) is 4.79 Å². The third-order valence-corrected chi connectivity index (χ3v) is 7.81. The van der Waals surface area contributed by atoms with E-state index in [1.54, 1.807) is 18.3 Å². The molecule has 0 saturated carbocycles. The number of nitrogens with one attached hydrogen (secondary N) is 1. The third-order valence-electron chi connectivity index (χ3n) is 7.81. The van der Waals surface area contributed by atoms with E-state index in [1.165, 1.54) is 23.0 Å². The molecular weight excluding hydrogens is 537 g/mol. The molecular formula is C30H28FN9O2. The number of halogens is 1. The Morgan fingerprint density at radius 2 is 2.00 bits per heavy atom. The Kier molecular flexibility index (Phi) is 6.39. The number of hydrogen-bond donors (Lipinski definition) is 2. The summed E-state index contributed by atoms with van der Waals surface area (Å²) in [7, 11) is 0. The molecule has 7 rings (SSSR count). The van der Waals surface area contributed by atoms with E-state index in [0.717, 1.165) is 29.8 Å². The van der Waals surface area contributed by atoms with Gasteiger partial charge in [-0.05, 0) is 49.2 Å². The molecule has 0 spiro atoms. The second-order valence-corrected chi connectivity index (χ2v) is 10.4. The number of hydrogen-bond acceptors (Lipinski definition) is 8. The van der Waals surface area contributed by atoms with Gasteiger partial charge in [0.05, 0.1) is 17.3 Å². The summed E-state index contributed by atoms with van der Waals surface area (Å²) in [5, 5.41) is 7.59. The smallest absolute Gasteiger partial charge is 0.245 e. The van der Waals surface area contributed by atoms with E-state index < -0.39 is 5.95 Å². The third kappa shape index (κ3) is 4.55. The molecule has 12 heteroatoms. The van der Waals surface area contributed by atoms with Crippen molar-refractivity contribution in [3.63, 3.8) is 0 Å². The lowest BCUT2D eigenvalue weighted by Crippen LogP contribution is -2.45. The van der Waals surface area contributed by atoms with Gasteiger partial charge in [-0.25, -0.2) is 19.6 Å². The molecule has 0 bridgehead atoms. The second-order valence-electron chi connectivity index (χ2n) is 10.4. The number of rotatable bonds is 6. The van der Waals surface area contributed by atoms with Crippen molar-refractivity contribution in [2.45, 2.75) is 24.9 Å². The first-order valence-corrected chi connectivity index (χ1v) is 13.7. The summed E-state index contributed by atoms with van der Waals surface area (Å²) in [5.41, 5.74) is 9.96. The molecule has 5 aromatic rings. The molecule has 11 nitrogen and oxygen atoms in total. The normalized spacial score (nSPS) is 16.9. The van der Waals surface area contributed by atoms with Gasteiger partial charge < -0.3 is 20.7 Å². The Bertz CT molecular complexity index is 1820. The molecule has 6 heterocycles. The van der Waals surface area contributed by atoms with Gasteiger partial charge >= 0.3 is 0 Å². The van der Waals surface area contributed by atoms with Crippen LogP contribution in [0.2, 0.25) is 0 Å². The highest BCUT2D eigenvalue weighted by atomic mass is 19.1. The molecule has 1 amide bonds. The fourth-order valence-corrected chi connectivity index (χ4v) is 5.69. The first-order chi connectivity index (χ1) is 20.5. The Morgan fingerprint density at radius 3 is 2.76 bits per heavy atom. The van der Waals surface area contributed by atoms with Crippen molar-refractivity contribution in [3.8, 4) is 28.6 Å². The van der Waals surface area contributed by atoms with Crippen LogP contribution in [0.25, 0.3) is 34.1 Å². The molecule has 212 valence electrons. The zero-order chi connectivity index (χ0) is 28.8. The lowest BCUT2D eigenvalue weighted by Gasteiger charge is -2.33. The number of likely N-dealkylation sites (tertiary alicyclic amines) is 1. The fraction of sp³-hybridized carbons (Fsp3) is 0.233. The van der Waals surface area contributed by atoms with Crippen LogP contribution in [-0.4, -0.2) is 65.8 Å². The number of imidazole rings is 1. The zero-order valence-corrected chi connectivity index (χ0v) is 22.7. The lowest BCUT2D eigenvalue weighted by atomic mass is 10.0. The number of carbonyl (C=O) groups is 1. The standard InChI is InChI=1S/C30H28FN9O2/c1-2-27(41)38-13-9-18(10-14-38)34-23-17-42-24-16-19(5-6-20(23)24)40-29(21-4-3-12-33-28(21)32)35-22-7-8-26(36-30(22)40)39-15-11-25(31)37-39/h2-8,11-12,15-16,18,23,34H,1,9-10,13-14,17H2,(H2,32,33). The van der Waals surface area contributed by atoms with Gasteiger partial charge in [-0.15, -0.1) is 5.10 Å². The first-order valence-electron chi connectivity index (χ1n) is 13.7. The number of anilines is 1. The Hall–Kier alpha value is -5.10. The number of piperidine rings is 1. The van der Waals surface area contributed by atoms with Gasteiger partial charge in [-0.3, -0.25) is 9.36 Å². The minimum atomic E-state index is -0.594. The number of ether oxygens (including phenoxy) is 1. The highest BCUT2D eigenvalue weighted by Crippen LogP contribution is 2.37. The summed E-state index contributed by atoms with van der Waals surface area (Å²) in [6.07, 6.45) is 6.26. The number of nitrogen functional groups attached to an aromatic ring is 1. The van der Waals surface area contributed by atoms with Crippen LogP contribution < -0.4 is 15.8 Å². The van der Waals surface area contributed by atoms with E-state index in [0.29, 0.717) is 53.9 Å². The predicted molar refractivity (Wildman–Crippen MR) is 155 cm³/mol. The van der Waals surface area contributed by atoms with Gasteiger partial charge in [-0.2, -0.15) is 4.39 Å². The monoisotopic (exact) mass is 565 g/mol. The fourth-order valence-electron chi connectivity index (χ4n) is 5.69. The number of amides is 1. The Labute approximate surface area is 240 Å². The van der Waals surface area contributed by atoms with E-state index in [1.807, 2.05) is 33.7 Å². The number of nitrogens with two attached hydrogens (primary N) is 1. The molecule has 1 fully saturated rings. The molecule has 0 aliphatic carbocycles. The minimum absolute atomic E-state index is 0.0200. The quantitative estimate of drug-likeness (QED) is 0.299. The summed E-state index contributed by atoms with van der Waals surface area (Å²) in [6, 6.07) is 14.9. The molecule has 1 aromatic carbocycles. The maximum atomic E-state index is 13.7. The van der Waals surface area contributed by atoms with Gasteiger partial charge in [0.25, 0.3) is 0 Å². The van der Waals surface area contributed by atoms with E-state index >= 15 is 0 Å². The largest absolute Gasteiger partial charge is 0.491 e. The Balaban J connectivity index is 1.24. The van der Waals surface area contributed by atoms with E-state index in [-0.39, 0.29) is 18.0 Å². The first kappa shape index (κ1) is 25.8. The molecule has 42 heavy (non-hydrogen) atoms. The summed E-state index contributed by atoms with van der Waals surface area (Å²) < 4.78 is 23.1. The van der Waals surface area contributed by atoms with Crippen molar-refractivity contribution in [3.05, 3.63) is 85.1 Å². The molecule has 2 aliphatic heterocycles. The maximum Gasteiger partial charge on any atom is 0.245 e. The number of pyridine rings is 2. The van der Waals surface area contributed by atoms with Gasteiger partial charge in [0.2, 0.25) is 11.9 Å². The van der Waals surface area contributed by atoms with Gasteiger partial charge in [0, 0.05) is 49.2 Å². The van der Waals surface area contributed by atoms with Crippen molar-refractivity contribution in [1.82, 2.24) is 39.5 Å². The van der Waals surface area contributed by atoms with Gasteiger partial charge in [-0.1, -0.05) is 12.6 Å². The highest BCUT2D eigenvalue weighted by molar-refractivity contribution is 5.87. The summed E-state index contributed by atoms with van der Waals surface area (Å²) >= 11 is 0. The topological polar surface area (TPSA) is 129 Å². The Morgan fingerprint density at radius 1 is 1.14 bits per heavy atom. The summed E-state index contributed by atoms with van der Waals surface area (Å²) in [5.74, 6) is 1.51. The zero-order valence-electron chi connectivity index (χ0n) is 22.7. The average molecular weight is 566 g/mol. The van der Waals surface area contributed by atoms with Crippen molar-refractivity contribution < 1.29 is 13.9 Å². The summed E-state index contributed by atoms with van der Waals surface area (Å²) in [6.45, 7) is 5.51. The molecule has 0 radical (unpaired) electrons. The van der Waals surface area contributed by atoms with Gasteiger partial charge in [0.1, 0.15) is 23.7 Å². The van der Waals surface area contributed by atoms with Crippen molar-refractivity contribution in [1.29, 1.82) is 0 Å². The van der Waals surface area contributed by atoms with Crippen molar-refractivity contribution in [2.24, 2.45) is 0 Å². The van der Waals surface area contributed by atoms with Crippen LogP contribution in [0.15, 0.2) is 73.6 Å². The van der Waals surface area contributed by atoms with Crippen LogP contribution in [0, 0.1) is 5.95 Å². The molecule has 3 N–H and O–H groups in total. The molecule has 1 unspecified atom stereocenters. The number of fused-ring (bicyclic) bond motifs is 2. The number of aromatic nitrogens is 6. The second kappa shape index (κ2) is 10.4. The lowest BCUT2D eigenvalue weighted by molar-refractivity contribution is -0.127. The van der Waals surface area contributed by atoms with Crippen LogP contribution in [0.1, 0.15) is 24.4 Å². The van der Waals surface area contributed by atoms with Crippen molar-refractivity contribution >= 4 is 22.9 Å². The van der Waals surface area contributed by atoms with Crippen LogP contribution in [0.3, 0.4) is 0 Å². The summed E-state index contributed by atoms with van der Waals surface area (Å²) in [4.78, 5) is 27.7. The minimum Gasteiger partial charge on any atom is -0.491 e. The van der Waals surface area contributed by atoms with E-state index in [2.05, 4.69) is 28.0 Å². The van der Waals surface area contributed by atoms with Crippen LogP contribution in [0.5, 0.6) is 5.75 Å². The average Bonchev–Trinajstić information content (AvgIpc) is 3.73. The number of carbonyl (C=O) groups excluding carboxylic acids is 1. The van der Waals surface area contributed by atoms with Crippen molar-refractivity contribution in [2.75, 3.05) is 25.4 Å². The number of nitrogens with zero attached hydrogens (tertiary/aromatic N) is 7.